The van der Waals surface area contributed by atoms with Crippen LogP contribution >= 0.6 is 0 Å². The summed E-state index contributed by atoms with van der Waals surface area (Å²) >= 11 is 0. The molecule has 0 bridgehead atoms. The zero-order valence-corrected chi connectivity index (χ0v) is 9.31. The monoisotopic (exact) mass is 256 g/mol. The largest absolute Gasteiger partial charge is 0.480 e. The third-order valence-electron chi connectivity index (χ3n) is 2.63. The third kappa shape index (κ3) is 2.56. The van der Waals surface area contributed by atoms with Crippen molar-refractivity contribution in [2.45, 2.75) is 25.1 Å². The van der Waals surface area contributed by atoms with Crippen LogP contribution in [0.25, 0.3) is 0 Å². The van der Waals surface area contributed by atoms with Gasteiger partial charge in [0.15, 0.2) is 5.82 Å². The Bertz CT molecular complexity index is 434. The summed E-state index contributed by atoms with van der Waals surface area (Å²) in [5.41, 5.74) is 0. The lowest BCUT2D eigenvalue weighted by molar-refractivity contribution is -0.141. The van der Waals surface area contributed by atoms with Crippen LogP contribution in [0.3, 0.4) is 0 Å². The molecule has 2 amide bonds. The van der Waals surface area contributed by atoms with Crippen LogP contribution in [0.4, 0.5) is 4.79 Å². The highest BCUT2D eigenvalue weighted by atomic mass is 16.5. The molecule has 0 aliphatic carbocycles. The number of aromatic nitrogens is 2. The van der Waals surface area contributed by atoms with Gasteiger partial charge >= 0.3 is 12.0 Å². The number of hydrogen-bond donors (Lipinski definition) is 3. The van der Waals surface area contributed by atoms with Crippen LogP contribution in [0.5, 0.6) is 0 Å². The number of carbonyl (C=O) groups is 2. The van der Waals surface area contributed by atoms with E-state index in [0.717, 1.165) is 11.3 Å². The van der Waals surface area contributed by atoms with Crippen LogP contribution in [0.2, 0.25) is 0 Å². The molecule has 0 radical (unpaired) electrons. The van der Waals surface area contributed by atoms with E-state index in [1.165, 1.54) is 0 Å². The second-order valence-electron chi connectivity index (χ2n) is 3.90. The molecule has 1 fully saturated rings. The van der Waals surface area contributed by atoms with Gasteiger partial charge in [0.05, 0.1) is 12.6 Å². The van der Waals surface area contributed by atoms with Crippen molar-refractivity contribution >= 4 is 12.0 Å². The molecule has 9 nitrogen and oxygen atoms in total. The van der Waals surface area contributed by atoms with Gasteiger partial charge < -0.3 is 25.0 Å². The number of hydrogen-bond acceptors (Lipinski definition) is 6. The smallest absolute Gasteiger partial charge is 0.326 e. The van der Waals surface area contributed by atoms with Gasteiger partial charge in [-0.15, -0.1) is 0 Å². The van der Waals surface area contributed by atoms with E-state index in [0.29, 0.717) is 0 Å². The van der Waals surface area contributed by atoms with E-state index in [1.807, 2.05) is 0 Å². The molecule has 2 rings (SSSR count). The predicted octanol–water partition coefficient (Wildman–Crippen LogP) is -1.20. The highest BCUT2D eigenvalue weighted by Gasteiger charge is 2.38. The Kier molecular flexibility index (Phi) is 3.42. The molecule has 9 heteroatoms. The Labute approximate surface area is 101 Å². The molecule has 98 valence electrons. The van der Waals surface area contributed by atoms with Gasteiger partial charge in [-0.25, -0.2) is 9.59 Å². The molecule has 0 aromatic carbocycles. The first kappa shape index (κ1) is 12.3. The maximum atomic E-state index is 11.8. The lowest BCUT2D eigenvalue weighted by atomic mass is 10.2. The van der Waals surface area contributed by atoms with Crippen LogP contribution in [0, 0.1) is 0 Å². The van der Waals surface area contributed by atoms with Crippen LogP contribution in [-0.4, -0.2) is 55.9 Å². The number of carboxylic acids is 1. The minimum atomic E-state index is -1.14. The maximum Gasteiger partial charge on any atom is 0.326 e. The summed E-state index contributed by atoms with van der Waals surface area (Å²) < 4.78 is 4.49. The van der Waals surface area contributed by atoms with Crippen LogP contribution in [0.1, 0.15) is 12.2 Å². The van der Waals surface area contributed by atoms with Crippen molar-refractivity contribution in [2.75, 3.05) is 6.54 Å². The fourth-order valence-corrected chi connectivity index (χ4v) is 1.80. The number of rotatable bonds is 3. The molecule has 1 saturated heterocycles. The molecule has 0 saturated carbocycles. The number of urea groups is 1. The molecule has 3 N–H and O–H groups in total. The average Bonchev–Trinajstić information content (AvgIpc) is 2.94. The molecule has 2 heterocycles. The number of amides is 2. The quantitative estimate of drug-likeness (QED) is 0.619. The summed E-state index contributed by atoms with van der Waals surface area (Å²) in [4.78, 5) is 27.5. The highest BCUT2D eigenvalue weighted by Crippen LogP contribution is 2.18. The number of aliphatic carboxylic acids is 1. The lowest BCUT2D eigenvalue weighted by Crippen LogP contribution is -2.46. The highest BCUT2D eigenvalue weighted by molar-refractivity contribution is 5.83. The first-order valence-corrected chi connectivity index (χ1v) is 5.28. The van der Waals surface area contributed by atoms with Crippen molar-refractivity contribution in [3.63, 3.8) is 0 Å². The predicted molar refractivity (Wildman–Crippen MR) is 55.3 cm³/mol. The minimum Gasteiger partial charge on any atom is -0.480 e. The number of nitrogens with zero attached hydrogens (tertiary/aromatic N) is 3. The Morgan fingerprint density at radius 2 is 2.39 bits per heavy atom. The molecule has 1 aromatic rings. The molecule has 2 atom stereocenters. The normalized spacial score (nSPS) is 23.1. The second-order valence-corrected chi connectivity index (χ2v) is 3.90. The molecule has 1 aliphatic rings. The average molecular weight is 256 g/mol. The van der Waals surface area contributed by atoms with Crippen LogP contribution < -0.4 is 5.32 Å². The number of carboxylic acid groups (broad SMARTS) is 1. The van der Waals surface area contributed by atoms with Crippen molar-refractivity contribution in [1.82, 2.24) is 20.4 Å². The molecular formula is C9H12N4O5. The van der Waals surface area contributed by atoms with Gasteiger partial charge in [-0.2, -0.15) is 4.98 Å². The number of β-amino-alcohol motifs (C(OH)–C–C–N with tert-alkyl or cyclic N) is 1. The lowest BCUT2D eigenvalue weighted by Gasteiger charge is -2.20. The molecule has 0 spiro atoms. The number of nitrogens with one attached hydrogen (secondary N) is 1. The summed E-state index contributed by atoms with van der Waals surface area (Å²) in [6, 6.07) is -1.59. The first-order valence-electron chi connectivity index (χ1n) is 5.28. The molecule has 1 aromatic heterocycles. The maximum absolute atomic E-state index is 11.8. The minimum absolute atomic E-state index is 0.00492. The van der Waals surface area contributed by atoms with Gasteiger partial charge in [0.1, 0.15) is 6.04 Å². The van der Waals surface area contributed by atoms with E-state index < -0.39 is 24.1 Å². The van der Waals surface area contributed by atoms with Gasteiger partial charge in [0.2, 0.25) is 6.39 Å². The number of carbonyl (C=O) groups excluding carboxylic acids is 1. The Hall–Kier alpha value is -2.16. The summed E-state index contributed by atoms with van der Waals surface area (Å²) in [5.74, 6) is -0.851. The van der Waals surface area contributed by atoms with E-state index in [4.69, 9.17) is 5.11 Å². The van der Waals surface area contributed by atoms with Gasteiger partial charge in [0, 0.05) is 13.0 Å². The van der Waals surface area contributed by atoms with E-state index in [1.54, 1.807) is 0 Å². The Morgan fingerprint density at radius 1 is 1.61 bits per heavy atom. The fraction of sp³-hybridized carbons (Fsp3) is 0.556. The molecular weight excluding hydrogens is 244 g/mol. The summed E-state index contributed by atoms with van der Waals surface area (Å²) in [7, 11) is 0. The second kappa shape index (κ2) is 5.00. The van der Waals surface area contributed by atoms with E-state index in [2.05, 4.69) is 20.0 Å². The van der Waals surface area contributed by atoms with Crippen LogP contribution in [0.15, 0.2) is 10.9 Å². The van der Waals surface area contributed by atoms with Gasteiger partial charge in [-0.3, -0.25) is 0 Å². The topological polar surface area (TPSA) is 129 Å². The standard InChI is InChI=1S/C9H12N4O5/c14-5-1-6(8(15)16)13(3-5)9(17)10-2-7-11-4-18-12-7/h4-6,14H,1-3H2,(H,10,17)(H,15,16)/t5-,6-/m1/s1. The summed E-state index contributed by atoms with van der Waals surface area (Å²) in [6.07, 6.45) is 0.341. The van der Waals surface area contributed by atoms with E-state index >= 15 is 0 Å². The van der Waals surface area contributed by atoms with Crippen molar-refractivity contribution in [1.29, 1.82) is 0 Å². The van der Waals surface area contributed by atoms with Crippen molar-refractivity contribution in [2.24, 2.45) is 0 Å². The molecule has 1 aliphatic heterocycles. The van der Waals surface area contributed by atoms with Crippen molar-refractivity contribution in [3.8, 4) is 0 Å². The van der Waals surface area contributed by atoms with E-state index in [-0.39, 0.29) is 25.3 Å². The van der Waals surface area contributed by atoms with Crippen LogP contribution in [-0.2, 0) is 11.3 Å². The number of likely N-dealkylation sites (tertiary alicyclic amines) is 1. The number of aliphatic hydroxyl groups excluding tert-OH is 1. The van der Waals surface area contributed by atoms with Crippen molar-refractivity contribution < 1.29 is 24.3 Å². The summed E-state index contributed by atoms with van der Waals surface area (Å²) in [6.45, 7) is 0.0311. The van der Waals surface area contributed by atoms with Gasteiger partial charge in [-0.05, 0) is 0 Å². The third-order valence-corrected chi connectivity index (χ3v) is 2.63. The molecule has 18 heavy (non-hydrogen) atoms. The Morgan fingerprint density at radius 3 is 3.00 bits per heavy atom. The zero-order chi connectivity index (χ0) is 13.1. The van der Waals surface area contributed by atoms with Crippen molar-refractivity contribution in [3.05, 3.63) is 12.2 Å². The Balaban J connectivity index is 1.93. The van der Waals surface area contributed by atoms with E-state index in [9.17, 15) is 14.7 Å². The summed E-state index contributed by atoms with van der Waals surface area (Å²) in [5, 5.41) is 24.3. The first-order chi connectivity index (χ1) is 8.58. The van der Waals surface area contributed by atoms with Gasteiger partial charge in [-0.1, -0.05) is 5.16 Å². The fourth-order valence-electron chi connectivity index (χ4n) is 1.80. The molecule has 0 unspecified atom stereocenters. The SMILES string of the molecule is O=C(O)[C@H]1C[C@@H](O)CN1C(=O)NCc1ncon1. The van der Waals surface area contributed by atoms with Gasteiger partial charge in [0.25, 0.3) is 0 Å². The number of aliphatic hydroxyl groups is 1. The zero-order valence-electron chi connectivity index (χ0n) is 9.31.